The number of carbonyl (C=O) groups excluding carboxylic acids is 3. The van der Waals surface area contributed by atoms with E-state index in [2.05, 4.69) is 10.00 Å². The Morgan fingerprint density at radius 2 is 1.65 bits per heavy atom. The topological polar surface area (TPSA) is 91.2 Å². The summed E-state index contributed by atoms with van der Waals surface area (Å²) in [7, 11) is 0. The van der Waals surface area contributed by atoms with Crippen molar-refractivity contribution in [3.8, 4) is 5.69 Å². The first-order valence-electron chi connectivity index (χ1n) is 16.6. The first kappa shape index (κ1) is 34.8. The predicted octanol–water partition coefficient (Wildman–Crippen LogP) is 5.90. The molecule has 0 aliphatic carbocycles. The van der Waals surface area contributed by atoms with Crippen molar-refractivity contribution in [1.29, 1.82) is 0 Å². The quantitative estimate of drug-likeness (QED) is 0.291. The number of nitrogens with zero attached hydrogens (tertiary/aromatic N) is 6. The summed E-state index contributed by atoms with van der Waals surface area (Å²) < 4.78 is 49.3. The molecule has 10 nitrogen and oxygen atoms in total. The minimum atomic E-state index is -4.76. The summed E-state index contributed by atoms with van der Waals surface area (Å²) in [6.07, 6.45) is -2.67. The molecule has 2 aromatic carbocycles. The molecular formula is C35H40ClF3N6O4. The van der Waals surface area contributed by atoms with E-state index in [0.29, 0.717) is 82.3 Å². The highest BCUT2D eigenvalue weighted by Gasteiger charge is 2.45. The number of carbonyl (C=O) groups is 3. The zero-order valence-electron chi connectivity index (χ0n) is 27.5. The van der Waals surface area contributed by atoms with Gasteiger partial charge in [0, 0.05) is 76.3 Å². The van der Waals surface area contributed by atoms with Gasteiger partial charge in [-0.2, -0.15) is 18.3 Å². The fourth-order valence-electron chi connectivity index (χ4n) is 7.17. The summed E-state index contributed by atoms with van der Waals surface area (Å²) in [6.45, 7) is 7.77. The highest BCUT2D eigenvalue weighted by Crippen LogP contribution is 2.37. The van der Waals surface area contributed by atoms with Crippen LogP contribution >= 0.6 is 11.6 Å². The van der Waals surface area contributed by atoms with E-state index in [1.54, 1.807) is 34.1 Å². The van der Waals surface area contributed by atoms with Crippen molar-refractivity contribution in [2.75, 3.05) is 57.3 Å². The zero-order chi connectivity index (χ0) is 34.9. The normalized spacial score (nSPS) is 20.0. The van der Waals surface area contributed by atoms with E-state index >= 15 is 0 Å². The Morgan fingerprint density at radius 3 is 2.27 bits per heavy atom. The smallest absolute Gasteiger partial charge is 0.434 e. The van der Waals surface area contributed by atoms with Crippen LogP contribution < -0.4 is 4.90 Å². The maximum atomic E-state index is 14.2. The van der Waals surface area contributed by atoms with Crippen LogP contribution in [0.25, 0.3) is 5.69 Å². The minimum absolute atomic E-state index is 0.0116. The number of halogens is 4. The largest absolute Gasteiger partial charge is 0.446 e. The molecule has 4 heterocycles. The third-order valence-electron chi connectivity index (χ3n) is 9.82. The van der Waals surface area contributed by atoms with Crippen LogP contribution in [0.15, 0.2) is 54.7 Å². The average Bonchev–Trinajstić information content (AvgIpc) is 3.79. The molecule has 0 radical (unpaired) electrons. The molecule has 0 saturated carbocycles. The van der Waals surface area contributed by atoms with Crippen LogP contribution in [0.3, 0.4) is 0 Å². The van der Waals surface area contributed by atoms with Gasteiger partial charge in [-0.15, -0.1) is 0 Å². The number of para-hydroxylation sites is 1. The molecule has 1 aromatic heterocycles. The molecular weight excluding hydrogens is 661 g/mol. The second-order valence-corrected chi connectivity index (χ2v) is 13.6. The van der Waals surface area contributed by atoms with Gasteiger partial charge < -0.3 is 19.4 Å². The number of aryl methyl sites for hydroxylation is 1. The van der Waals surface area contributed by atoms with E-state index in [0.717, 1.165) is 16.4 Å². The van der Waals surface area contributed by atoms with Gasteiger partial charge in [0.05, 0.1) is 17.4 Å². The molecule has 3 aliphatic rings. The van der Waals surface area contributed by atoms with Crippen LogP contribution in [0.2, 0.25) is 5.02 Å². The first-order valence-corrected chi connectivity index (χ1v) is 17.0. The lowest BCUT2D eigenvalue weighted by molar-refractivity contribution is -0.143. The van der Waals surface area contributed by atoms with Crippen LogP contribution in [0, 0.1) is 18.8 Å². The Morgan fingerprint density at radius 1 is 0.980 bits per heavy atom. The van der Waals surface area contributed by atoms with Crippen LogP contribution in [0.5, 0.6) is 0 Å². The van der Waals surface area contributed by atoms with Gasteiger partial charge in [-0.05, 0) is 61.6 Å². The van der Waals surface area contributed by atoms with Crippen molar-refractivity contribution in [1.82, 2.24) is 24.5 Å². The lowest BCUT2D eigenvalue weighted by Crippen LogP contribution is -2.43. The van der Waals surface area contributed by atoms with Gasteiger partial charge in [0.25, 0.3) is 5.91 Å². The molecule has 0 N–H and O–H groups in total. The number of fused-ring (bicyclic) bond motifs is 1. The third-order valence-corrected chi connectivity index (χ3v) is 10.2. The van der Waals surface area contributed by atoms with E-state index in [1.807, 2.05) is 19.1 Å². The van der Waals surface area contributed by atoms with Gasteiger partial charge in [-0.3, -0.25) is 14.5 Å². The van der Waals surface area contributed by atoms with Crippen molar-refractivity contribution in [3.05, 3.63) is 76.6 Å². The summed E-state index contributed by atoms with van der Waals surface area (Å²) in [4.78, 5) is 45.7. The van der Waals surface area contributed by atoms with Crippen molar-refractivity contribution in [2.24, 2.45) is 11.8 Å². The molecule has 49 heavy (non-hydrogen) atoms. The second-order valence-electron chi connectivity index (χ2n) is 13.2. The van der Waals surface area contributed by atoms with Crippen LogP contribution in [-0.2, 0) is 15.7 Å². The molecule has 3 saturated heterocycles. The van der Waals surface area contributed by atoms with Crippen LogP contribution in [-0.4, -0.2) is 101 Å². The maximum Gasteiger partial charge on any atom is 0.434 e. The number of amides is 3. The Kier molecular flexibility index (Phi) is 10.2. The summed E-state index contributed by atoms with van der Waals surface area (Å²) in [5, 5.41) is 4.49. The lowest BCUT2D eigenvalue weighted by Gasteiger charge is -2.32. The fraction of sp³-hybridized carbons (Fsp3) is 0.486. The van der Waals surface area contributed by atoms with Crippen molar-refractivity contribution < 1.29 is 32.3 Å². The number of hydrogen-bond acceptors (Lipinski definition) is 6. The fourth-order valence-corrected chi connectivity index (χ4v) is 7.35. The van der Waals surface area contributed by atoms with E-state index in [-0.39, 0.29) is 29.5 Å². The molecule has 0 bridgehead atoms. The standard InChI is InChI=1S/C35H40ClF3N6O4/c1-23-9-10-28(17-31(23)36)44(34(48)49-29-11-15-42(16-12-29)24(2)46)14-6-13-41-19-25-21-43(22-26(25)20-41)33(47)30-18-40-45(32(30)35(37,38)39)27-7-4-3-5-8-27/h3-5,7-10,17-18,25-26,29H,6,11-16,19-22H2,1-2H3. The molecule has 14 heteroatoms. The molecule has 262 valence electrons. The molecule has 3 aliphatic heterocycles. The Balaban J connectivity index is 1.05. The summed E-state index contributed by atoms with van der Waals surface area (Å²) >= 11 is 6.41. The number of hydrogen-bond donors (Lipinski definition) is 0. The van der Waals surface area contributed by atoms with Crippen molar-refractivity contribution in [3.63, 3.8) is 0 Å². The van der Waals surface area contributed by atoms with E-state index in [1.165, 1.54) is 24.0 Å². The molecule has 6 rings (SSSR count). The minimum Gasteiger partial charge on any atom is -0.446 e. The van der Waals surface area contributed by atoms with Gasteiger partial charge in [-0.25, -0.2) is 9.48 Å². The molecule has 2 unspecified atom stereocenters. The van der Waals surface area contributed by atoms with Gasteiger partial charge >= 0.3 is 12.3 Å². The monoisotopic (exact) mass is 700 g/mol. The number of benzene rings is 2. The lowest BCUT2D eigenvalue weighted by atomic mass is 10.0. The number of anilines is 1. The molecule has 3 fully saturated rings. The highest BCUT2D eigenvalue weighted by molar-refractivity contribution is 6.31. The maximum absolute atomic E-state index is 14.2. The molecule has 0 spiro atoms. The number of rotatable bonds is 8. The number of piperidine rings is 1. The van der Waals surface area contributed by atoms with Gasteiger partial charge in [0.1, 0.15) is 6.10 Å². The summed E-state index contributed by atoms with van der Waals surface area (Å²) in [6, 6.07) is 13.4. The third kappa shape index (κ3) is 7.72. The first-order chi connectivity index (χ1) is 23.4. The SMILES string of the molecule is CC(=O)N1CCC(OC(=O)N(CCCN2CC3CN(C(=O)c4cnn(-c5ccccc5)c4C(F)(F)F)CC3C2)c2ccc(C)c(Cl)c2)CC1. The molecule has 3 aromatic rings. The number of aromatic nitrogens is 2. The van der Waals surface area contributed by atoms with Gasteiger partial charge in [0.15, 0.2) is 5.69 Å². The number of alkyl halides is 3. The average molecular weight is 701 g/mol. The Bertz CT molecular complexity index is 1660. The zero-order valence-corrected chi connectivity index (χ0v) is 28.3. The van der Waals surface area contributed by atoms with Gasteiger partial charge in [-0.1, -0.05) is 35.9 Å². The van der Waals surface area contributed by atoms with Crippen molar-refractivity contribution >= 4 is 35.2 Å². The number of ether oxygens (including phenoxy) is 1. The van der Waals surface area contributed by atoms with Gasteiger partial charge in [0.2, 0.25) is 5.91 Å². The molecule has 3 amide bonds. The Hall–Kier alpha value is -4.10. The van der Waals surface area contributed by atoms with E-state index < -0.39 is 29.4 Å². The molecule has 2 atom stereocenters. The summed E-state index contributed by atoms with van der Waals surface area (Å²) in [5.74, 6) is -0.369. The van der Waals surface area contributed by atoms with E-state index in [4.69, 9.17) is 16.3 Å². The van der Waals surface area contributed by atoms with E-state index in [9.17, 15) is 27.6 Å². The second kappa shape index (κ2) is 14.4. The Labute approximate surface area is 288 Å². The summed E-state index contributed by atoms with van der Waals surface area (Å²) in [5.41, 5.74) is 0.256. The predicted molar refractivity (Wildman–Crippen MR) is 178 cm³/mol. The van der Waals surface area contributed by atoms with Crippen LogP contribution in [0.1, 0.15) is 47.8 Å². The van der Waals surface area contributed by atoms with Crippen LogP contribution in [0.4, 0.5) is 23.7 Å². The van der Waals surface area contributed by atoms with Crippen molar-refractivity contribution in [2.45, 2.75) is 45.4 Å². The highest BCUT2D eigenvalue weighted by atomic mass is 35.5. The number of likely N-dealkylation sites (tertiary alicyclic amines) is 3.